The van der Waals surface area contributed by atoms with Gasteiger partial charge < -0.3 is 14.2 Å². The third-order valence-electron chi connectivity index (χ3n) is 5.32. The number of Topliss-reactive ketones (excluding diaryl/α,β-unsaturated/α-hetero) is 1. The average molecular weight is 434 g/mol. The average Bonchev–Trinajstić information content (AvgIpc) is 3.18. The SMILES string of the molecule is O=C1/C(=C\c2ccccc2)Oc2c1ccc(OCc1ccccc1)c2OCc1ccccc1. The fraction of sp³-hybridized carbons (Fsp3) is 0.0690. The lowest BCUT2D eigenvalue weighted by molar-refractivity contribution is 0.101. The summed E-state index contributed by atoms with van der Waals surface area (Å²) in [6, 6.07) is 32.9. The van der Waals surface area contributed by atoms with E-state index in [1.807, 2.05) is 91.0 Å². The van der Waals surface area contributed by atoms with E-state index >= 15 is 0 Å². The third-order valence-corrected chi connectivity index (χ3v) is 5.32. The van der Waals surface area contributed by atoms with E-state index in [0.717, 1.165) is 16.7 Å². The van der Waals surface area contributed by atoms with Crippen molar-refractivity contribution < 1.29 is 19.0 Å². The van der Waals surface area contributed by atoms with Crippen molar-refractivity contribution in [2.45, 2.75) is 13.2 Å². The minimum atomic E-state index is -0.173. The van der Waals surface area contributed by atoms with Crippen molar-refractivity contribution in [1.29, 1.82) is 0 Å². The maximum Gasteiger partial charge on any atom is 0.232 e. The van der Waals surface area contributed by atoms with E-state index in [0.29, 0.717) is 36.0 Å². The normalized spacial score (nSPS) is 13.5. The molecule has 0 radical (unpaired) electrons. The lowest BCUT2D eigenvalue weighted by atomic mass is 10.1. The molecule has 0 saturated heterocycles. The van der Waals surface area contributed by atoms with Gasteiger partial charge in [-0.2, -0.15) is 0 Å². The highest BCUT2D eigenvalue weighted by atomic mass is 16.5. The molecule has 1 aliphatic rings. The van der Waals surface area contributed by atoms with E-state index in [9.17, 15) is 4.79 Å². The van der Waals surface area contributed by atoms with Crippen LogP contribution < -0.4 is 14.2 Å². The molecule has 0 spiro atoms. The summed E-state index contributed by atoms with van der Waals surface area (Å²) in [5, 5.41) is 0. The zero-order chi connectivity index (χ0) is 22.5. The molecule has 0 fully saturated rings. The molecule has 0 atom stereocenters. The molecule has 1 aliphatic heterocycles. The smallest absolute Gasteiger partial charge is 0.232 e. The van der Waals surface area contributed by atoms with Gasteiger partial charge >= 0.3 is 0 Å². The molecule has 0 N–H and O–H groups in total. The van der Waals surface area contributed by atoms with E-state index < -0.39 is 0 Å². The summed E-state index contributed by atoms with van der Waals surface area (Å²) in [6.45, 7) is 0.705. The van der Waals surface area contributed by atoms with Crippen LogP contribution in [0.3, 0.4) is 0 Å². The molecule has 0 bridgehead atoms. The van der Waals surface area contributed by atoms with Gasteiger partial charge in [0.15, 0.2) is 17.3 Å². The lowest BCUT2D eigenvalue weighted by Gasteiger charge is -2.15. The van der Waals surface area contributed by atoms with Crippen LogP contribution in [0.4, 0.5) is 0 Å². The molecule has 4 aromatic carbocycles. The summed E-state index contributed by atoms with van der Waals surface area (Å²) >= 11 is 0. The van der Waals surface area contributed by atoms with Gasteiger partial charge in [0.05, 0.1) is 5.56 Å². The molecule has 4 heteroatoms. The van der Waals surface area contributed by atoms with Crippen molar-refractivity contribution in [3.63, 3.8) is 0 Å². The second-order valence-corrected chi connectivity index (χ2v) is 7.67. The fourth-order valence-electron chi connectivity index (χ4n) is 3.62. The van der Waals surface area contributed by atoms with Gasteiger partial charge in [0.1, 0.15) is 13.2 Å². The molecule has 0 unspecified atom stereocenters. The van der Waals surface area contributed by atoms with E-state index in [1.165, 1.54) is 0 Å². The number of ketones is 1. The molecule has 0 aromatic heterocycles. The van der Waals surface area contributed by atoms with Crippen LogP contribution in [-0.2, 0) is 13.2 Å². The summed E-state index contributed by atoms with van der Waals surface area (Å²) in [5.41, 5.74) is 3.40. The van der Waals surface area contributed by atoms with Crippen LogP contribution >= 0.6 is 0 Å². The second-order valence-electron chi connectivity index (χ2n) is 7.67. The lowest BCUT2D eigenvalue weighted by Crippen LogP contribution is -2.02. The summed E-state index contributed by atoms with van der Waals surface area (Å²) < 4.78 is 18.3. The first-order valence-corrected chi connectivity index (χ1v) is 10.8. The number of ether oxygens (including phenoxy) is 3. The standard InChI is InChI=1S/C29H22O4/c30-27-24-16-17-25(31-19-22-12-6-2-7-13-22)29(32-20-23-14-8-3-9-15-23)28(24)33-26(27)18-21-10-4-1-5-11-21/h1-18H,19-20H2/b26-18+. The van der Waals surface area contributed by atoms with Gasteiger partial charge in [-0.25, -0.2) is 0 Å². The van der Waals surface area contributed by atoms with Crippen molar-refractivity contribution in [3.05, 3.63) is 131 Å². The van der Waals surface area contributed by atoms with Gasteiger partial charge in [-0.1, -0.05) is 91.0 Å². The molecule has 0 amide bonds. The number of carbonyl (C=O) groups excluding carboxylic acids is 1. The van der Waals surface area contributed by atoms with Crippen LogP contribution in [0.25, 0.3) is 6.08 Å². The minimum Gasteiger partial charge on any atom is -0.485 e. The largest absolute Gasteiger partial charge is 0.485 e. The van der Waals surface area contributed by atoms with Crippen molar-refractivity contribution in [2.75, 3.05) is 0 Å². The van der Waals surface area contributed by atoms with Crippen LogP contribution in [0.5, 0.6) is 17.2 Å². The van der Waals surface area contributed by atoms with Gasteiger partial charge in [-0.05, 0) is 34.9 Å². The van der Waals surface area contributed by atoms with Gasteiger partial charge in [0.25, 0.3) is 0 Å². The zero-order valence-electron chi connectivity index (χ0n) is 17.9. The molecule has 5 rings (SSSR count). The highest BCUT2D eigenvalue weighted by Crippen LogP contribution is 2.46. The Kier molecular flexibility index (Phi) is 5.89. The quantitative estimate of drug-likeness (QED) is 0.313. The van der Waals surface area contributed by atoms with E-state index in [-0.39, 0.29) is 11.5 Å². The van der Waals surface area contributed by atoms with Crippen molar-refractivity contribution >= 4 is 11.9 Å². The predicted molar refractivity (Wildman–Crippen MR) is 127 cm³/mol. The Labute approximate surface area is 192 Å². The fourth-order valence-corrected chi connectivity index (χ4v) is 3.62. The summed E-state index contributed by atoms with van der Waals surface area (Å²) in [7, 11) is 0. The van der Waals surface area contributed by atoms with E-state index in [2.05, 4.69) is 0 Å². The molecule has 1 heterocycles. The molecule has 0 aliphatic carbocycles. The van der Waals surface area contributed by atoms with Gasteiger partial charge in [0.2, 0.25) is 11.5 Å². The molecule has 0 saturated carbocycles. The summed E-state index contributed by atoms with van der Waals surface area (Å²) in [4.78, 5) is 13.0. The number of hydrogen-bond acceptors (Lipinski definition) is 4. The molecule has 4 nitrogen and oxygen atoms in total. The number of rotatable bonds is 7. The Hall–Kier alpha value is -4.31. The first-order chi connectivity index (χ1) is 16.3. The molecule has 162 valence electrons. The predicted octanol–water partition coefficient (Wildman–Crippen LogP) is 6.46. The Morgan fingerprint density at radius 3 is 1.88 bits per heavy atom. The van der Waals surface area contributed by atoms with E-state index in [4.69, 9.17) is 14.2 Å². The number of carbonyl (C=O) groups is 1. The zero-order valence-corrected chi connectivity index (χ0v) is 17.9. The monoisotopic (exact) mass is 434 g/mol. The first kappa shape index (κ1) is 20.6. The van der Waals surface area contributed by atoms with Crippen LogP contribution in [-0.4, -0.2) is 5.78 Å². The van der Waals surface area contributed by atoms with Crippen LogP contribution in [0.15, 0.2) is 109 Å². The third kappa shape index (κ3) is 4.65. The van der Waals surface area contributed by atoms with Crippen molar-refractivity contribution in [2.24, 2.45) is 0 Å². The van der Waals surface area contributed by atoms with Crippen LogP contribution in [0, 0.1) is 0 Å². The van der Waals surface area contributed by atoms with Crippen LogP contribution in [0.2, 0.25) is 0 Å². The summed E-state index contributed by atoms with van der Waals surface area (Å²) in [5.74, 6) is 1.44. The Balaban J connectivity index is 1.47. The van der Waals surface area contributed by atoms with E-state index in [1.54, 1.807) is 18.2 Å². The summed E-state index contributed by atoms with van der Waals surface area (Å²) in [6.07, 6.45) is 1.74. The van der Waals surface area contributed by atoms with Gasteiger partial charge in [0, 0.05) is 0 Å². The number of allylic oxidation sites excluding steroid dienone is 1. The molecular formula is C29H22O4. The highest BCUT2D eigenvalue weighted by molar-refractivity contribution is 6.15. The number of fused-ring (bicyclic) bond motifs is 1. The first-order valence-electron chi connectivity index (χ1n) is 10.8. The topological polar surface area (TPSA) is 44.8 Å². The highest BCUT2D eigenvalue weighted by Gasteiger charge is 2.32. The second kappa shape index (κ2) is 9.45. The number of benzene rings is 4. The Morgan fingerprint density at radius 2 is 1.24 bits per heavy atom. The Bertz CT molecular complexity index is 1280. The van der Waals surface area contributed by atoms with Crippen molar-refractivity contribution in [1.82, 2.24) is 0 Å². The number of hydrogen-bond donors (Lipinski definition) is 0. The minimum absolute atomic E-state index is 0.173. The molecule has 33 heavy (non-hydrogen) atoms. The Morgan fingerprint density at radius 1 is 0.667 bits per heavy atom. The van der Waals surface area contributed by atoms with Crippen LogP contribution in [0.1, 0.15) is 27.0 Å². The molecular weight excluding hydrogens is 412 g/mol. The maximum absolute atomic E-state index is 13.0. The van der Waals surface area contributed by atoms with Crippen molar-refractivity contribution in [3.8, 4) is 17.2 Å². The van der Waals surface area contributed by atoms with Gasteiger partial charge in [-0.3, -0.25) is 4.79 Å². The maximum atomic E-state index is 13.0. The van der Waals surface area contributed by atoms with Gasteiger partial charge in [-0.15, -0.1) is 0 Å². The molecule has 4 aromatic rings.